The quantitative estimate of drug-likeness (QED) is 0.245. The molecule has 0 bridgehead atoms. The van der Waals surface area contributed by atoms with Gasteiger partial charge in [-0.15, -0.1) is 0 Å². The fourth-order valence-corrected chi connectivity index (χ4v) is 3.95. The van der Waals surface area contributed by atoms with Gasteiger partial charge in [0.15, 0.2) is 29.0 Å². The van der Waals surface area contributed by atoms with Crippen LogP contribution in [0.1, 0.15) is 44.1 Å². The topological polar surface area (TPSA) is 9.23 Å². The molecule has 31 heavy (non-hydrogen) atoms. The molecule has 2 aromatic carbocycles. The molecule has 5 heteroatoms. The first kappa shape index (κ1) is 22.9. The van der Waals surface area contributed by atoms with E-state index in [1.807, 2.05) is 6.07 Å². The van der Waals surface area contributed by atoms with Crippen molar-refractivity contribution in [3.8, 4) is 11.1 Å². The first-order chi connectivity index (χ1) is 14.8. The van der Waals surface area contributed by atoms with Crippen molar-refractivity contribution in [2.75, 3.05) is 6.61 Å². The van der Waals surface area contributed by atoms with Gasteiger partial charge in [0.25, 0.3) is 0 Å². The smallest absolute Gasteiger partial charge is 0.200 e. The molecular weight excluding hydrogens is 404 g/mol. The van der Waals surface area contributed by atoms with Gasteiger partial charge in [0.1, 0.15) is 0 Å². The van der Waals surface area contributed by atoms with Gasteiger partial charge in [-0.3, -0.25) is 0 Å². The molecule has 1 aliphatic rings. The molecular formula is C26H26F4O. The van der Waals surface area contributed by atoms with Crippen molar-refractivity contribution < 1.29 is 22.3 Å². The summed E-state index contributed by atoms with van der Waals surface area (Å²) in [7, 11) is 0. The van der Waals surface area contributed by atoms with Gasteiger partial charge in [-0.25, -0.2) is 13.2 Å². The highest BCUT2D eigenvalue weighted by atomic mass is 19.2. The largest absolute Gasteiger partial charge is 0.491 e. The van der Waals surface area contributed by atoms with Crippen LogP contribution in [0.25, 0.3) is 11.1 Å². The number of hydrogen-bond donors (Lipinski definition) is 0. The Hall–Kier alpha value is -2.82. The Balaban J connectivity index is 1.60. The third-order valence-corrected chi connectivity index (χ3v) is 5.79. The number of allylic oxidation sites excluding steroid dienone is 3. The van der Waals surface area contributed by atoms with E-state index >= 15 is 0 Å². The van der Waals surface area contributed by atoms with Crippen LogP contribution < -0.4 is 0 Å². The van der Waals surface area contributed by atoms with E-state index in [1.165, 1.54) is 6.92 Å². The Kier molecular flexibility index (Phi) is 7.37. The lowest BCUT2D eigenvalue weighted by Gasteiger charge is -2.29. The molecule has 0 heterocycles. The maximum Gasteiger partial charge on any atom is 0.200 e. The lowest BCUT2D eigenvalue weighted by Crippen LogP contribution is -2.19. The maximum absolute atomic E-state index is 14.8. The minimum absolute atomic E-state index is 0.0321. The lowest BCUT2D eigenvalue weighted by molar-refractivity contribution is 0.136. The Labute approximate surface area is 180 Å². The van der Waals surface area contributed by atoms with Crippen LogP contribution in [0.2, 0.25) is 0 Å². The molecule has 0 spiro atoms. The van der Waals surface area contributed by atoms with Crippen LogP contribution in [-0.4, -0.2) is 6.61 Å². The Morgan fingerprint density at radius 1 is 0.903 bits per heavy atom. The second-order valence-electron chi connectivity index (χ2n) is 8.06. The first-order valence-corrected chi connectivity index (χ1v) is 10.4. The van der Waals surface area contributed by atoms with Gasteiger partial charge < -0.3 is 4.74 Å². The molecule has 0 N–H and O–H groups in total. The van der Waals surface area contributed by atoms with Gasteiger partial charge in [0.2, 0.25) is 0 Å². The number of rotatable bonds is 7. The molecule has 1 saturated carbocycles. The predicted octanol–water partition coefficient (Wildman–Crippen LogP) is 8.16. The minimum Gasteiger partial charge on any atom is -0.491 e. The normalized spacial score (nSPS) is 19.5. The van der Waals surface area contributed by atoms with Crippen LogP contribution in [0.5, 0.6) is 0 Å². The van der Waals surface area contributed by atoms with E-state index in [2.05, 4.69) is 13.2 Å². The second kappa shape index (κ2) is 9.99. The van der Waals surface area contributed by atoms with Gasteiger partial charge in [-0.1, -0.05) is 55.6 Å². The summed E-state index contributed by atoms with van der Waals surface area (Å²) in [6, 6.07) is 12.2. The summed E-state index contributed by atoms with van der Waals surface area (Å²) in [6.45, 7) is 8.35. The molecule has 1 aliphatic carbocycles. The van der Waals surface area contributed by atoms with Gasteiger partial charge >= 0.3 is 0 Å². The Morgan fingerprint density at radius 2 is 1.55 bits per heavy atom. The van der Waals surface area contributed by atoms with Gasteiger partial charge in [-0.2, -0.15) is 4.39 Å². The average molecular weight is 430 g/mol. The van der Waals surface area contributed by atoms with Crippen LogP contribution in [-0.2, 0) is 4.74 Å². The number of benzene rings is 2. The molecule has 0 amide bonds. The molecule has 0 aliphatic heterocycles. The standard InChI is InChI=1S/C26H26F4O/c1-16(2)23(27)24(28)17(3)31-15-18-9-11-20(12-10-18)22-14-13-21(25(29)26(22)30)19-7-5-4-6-8-19/h4-8,13-14,18,20H,1,3,9-12,15H2,2H3/b24-23-. The maximum atomic E-state index is 14.8. The van der Waals surface area contributed by atoms with Crippen LogP contribution in [0, 0.1) is 17.6 Å². The summed E-state index contributed by atoms with van der Waals surface area (Å²) in [4.78, 5) is 0. The van der Waals surface area contributed by atoms with Crippen molar-refractivity contribution in [2.24, 2.45) is 5.92 Å². The van der Waals surface area contributed by atoms with Crippen LogP contribution in [0.4, 0.5) is 17.6 Å². The molecule has 0 radical (unpaired) electrons. The minimum atomic E-state index is -1.14. The fourth-order valence-electron chi connectivity index (χ4n) is 3.95. The third-order valence-electron chi connectivity index (χ3n) is 5.79. The molecule has 0 saturated heterocycles. The molecule has 0 unspecified atom stereocenters. The second-order valence-corrected chi connectivity index (χ2v) is 8.06. The molecule has 2 aromatic rings. The number of ether oxygens (including phenoxy) is 1. The van der Waals surface area contributed by atoms with E-state index in [-0.39, 0.29) is 35.3 Å². The zero-order valence-electron chi connectivity index (χ0n) is 17.6. The average Bonchev–Trinajstić information content (AvgIpc) is 2.79. The Bertz CT molecular complexity index is 986. The molecule has 1 fully saturated rings. The zero-order chi connectivity index (χ0) is 22.5. The summed E-state index contributed by atoms with van der Waals surface area (Å²) in [5.74, 6) is -4.15. The highest BCUT2D eigenvalue weighted by Crippen LogP contribution is 2.39. The van der Waals surface area contributed by atoms with Crippen molar-refractivity contribution in [3.05, 3.63) is 95.8 Å². The summed E-state index contributed by atoms with van der Waals surface area (Å²) in [5.41, 5.74) is 1.24. The van der Waals surface area contributed by atoms with Crippen molar-refractivity contribution >= 4 is 0 Å². The van der Waals surface area contributed by atoms with E-state index in [0.717, 1.165) is 0 Å². The first-order valence-electron chi connectivity index (χ1n) is 10.4. The predicted molar refractivity (Wildman–Crippen MR) is 116 cm³/mol. The molecule has 0 aromatic heterocycles. The number of halogens is 4. The van der Waals surface area contributed by atoms with Crippen LogP contribution >= 0.6 is 0 Å². The van der Waals surface area contributed by atoms with Gasteiger partial charge in [0.05, 0.1) is 6.61 Å². The highest BCUT2D eigenvalue weighted by Gasteiger charge is 2.27. The summed E-state index contributed by atoms with van der Waals surface area (Å²) in [6.07, 6.45) is 2.77. The van der Waals surface area contributed by atoms with E-state index in [0.29, 0.717) is 36.8 Å². The van der Waals surface area contributed by atoms with Gasteiger partial charge in [0, 0.05) is 5.56 Å². The molecule has 1 nitrogen and oxygen atoms in total. The SMILES string of the molecule is C=C(C)/C(F)=C(/F)C(=C)OCC1CCC(c2ccc(-c3ccccc3)c(F)c2F)CC1. The fraction of sp³-hybridized carbons (Fsp3) is 0.308. The van der Waals surface area contributed by atoms with Crippen molar-refractivity contribution in [2.45, 2.75) is 38.5 Å². The van der Waals surface area contributed by atoms with E-state index in [9.17, 15) is 17.6 Å². The van der Waals surface area contributed by atoms with Crippen molar-refractivity contribution in [3.63, 3.8) is 0 Å². The number of hydrogen-bond acceptors (Lipinski definition) is 1. The van der Waals surface area contributed by atoms with Crippen molar-refractivity contribution in [1.82, 2.24) is 0 Å². The monoisotopic (exact) mass is 430 g/mol. The van der Waals surface area contributed by atoms with E-state index < -0.39 is 23.3 Å². The molecule has 164 valence electrons. The molecule has 0 atom stereocenters. The summed E-state index contributed by atoms with van der Waals surface area (Å²) < 4.78 is 62.3. The summed E-state index contributed by atoms with van der Waals surface area (Å²) >= 11 is 0. The third kappa shape index (κ3) is 5.27. The zero-order valence-corrected chi connectivity index (χ0v) is 17.6. The van der Waals surface area contributed by atoms with Crippen LogP contribution in [0.3, 0.4) is 0 Å². The van der Waals surface area contributed by atoms with Crippen molar-refractivity contribution in [1.29, 1.82) is 0 Å². The Morgan fingerprint density at radius 3 is 2.16 bits per heavy atom. The van der Waals surface area contributed by atoms with Crippen LogP contribution in [0.15, 0.2) is 78.6 Å². The summed E-state index contributed by atoms with van der Waals surface area (Å²) in [5, 5.41) is 0. The highest BCUT2D eigenvalue weighted by molar-refractivity contribution is 5.64. The lowest BCUT2D eigenvalue weighted by atomic mass is 9.78. The molecule has 3 rings (SSSR count). The van der Waals surface area contributed by atoms with E-state index in [1.54, 1.807) is 36.4 Å². The van der Waals surface area contributed by atoms with Gasteiger partial charge in [-0.05, 0) is 61.1 Å². The van der Waals surface area contributed by atoms with E-state index in [4.69, 9.17) is 4.74 Å².